The van der Waals surface area contributed by atoms with Crippen molar-refractivity contribution in [2.24, 2.45) is 32.8 Å². The molecule has 0 fully saturated rings. The number of aromatic nitrogens is 20. The number of hydrogen-bond donors (Lipinski definition) is 7. The van der Waals surface area contributed by atoms with Crippen molar-refractivity contribution in [1.82, 2.24) is 110 Å². The summed E-state index contributed by atoms with van der Waals surface area (Å²) in [5.74, 6) is 2.06. The molecule has 0 atom stereocenters. The highest BCUT2D eigenvalue weighted by Crippen LogP contribution is 2.25. The van der Waals surface area contributed by atoms with E-state index in [9.17, 15) is 61.2 Å². The van der Waals surface area contributed by atoms with E-state index in [-0.39, 0.29) is 74.5 Å². The van der Waals surface area contributed by atoms with Gasteiger partial charge >= 0.3 is 28.4 Å². The summed E-state index contributed by atoms with van der Waals surface area (Å²) in [5, 5.41) is 2.62. The first kappa shape index (κ1) is 83.5. The van der Waals surface area contributed by atoms with Gasteiger partial charge < -0.3 is 45.2 Å². The van der Waals surface area contributed by atoms with E-state index in [2.05, 4.69) is 55.2 Å². The van der Waals surface area contributed by atoms with Gasteiger partial charge in [0.05, 0.1) is 17.6 Å². The molecule has 0 saturated heterocycles. The van der Waals surface area contributed by atoms with Crippen LogP contribution in [0.25, 0.3) is 90.0 Å². The number of amides is 1. The van der Waals surface area contributed by atoms with Crippen LogP contribution >= 0.6 is 0 Å². The maximum absolute atomic E-state index is 12.9. The summed E-state index contributed by atoms with van der Waals surface area (Å²) < 4.78 is 45.8. The van der Waals surface area contributed by atoms with Gasteiger partial charge in [-0.05, 0) is 109 Å². The summed E-state index contributed by atoms with van der Waals surface area (Å²) in [6.07, 6.45) is 4.30. The van der Waals surface area contributed by atoms with Gasteiger partial charge in [0.15, 0.2) is 40.4 Å². The number of sulfonamides is 1. The molecule has 0 aliphatic heterocycles. The number of aromatic amines is 5. The van der Waals surface area contributed by atoms with Gasteiger partial charge in [-0.1, -0.05) is 58.0 Å². The highest BCUT2D eigenvalue weighted by molar-refractivity contribution is 7.89. The van der Waals surface area contributed by atoms with Gasteiger partial charge in [0.1, 0.15) is 45.3 Å². The van der Waals surface area contributed by atoms with E-state index in [0.29, 0.717) is 157 Å². The first-order chi connectivity index (χ1) is 53.4. The molecule has 0 saturated carbocycles. The molecule has 0 aliphatic rings. The molecule has 39 heteroatoms. The normalized spacial score (nSPS) is 11.5. The maximum atomic E-state index is 12.9. The van der Waals surface area contributed by atoms with Gasteiger partial charge in [-0.15, -0.1) is 0 Å². The Morgan fingerprint density at radius 1 is 0.536 bits per heavy atom. The molecule has 38 nitrogen and oxygen atoms in total. The fourth-order valence-electron chi connectivity index (χ4n) is 11.9. The number of imidazole rings is 5. The minimum absolute atomic E-state index is 0.108. The van der Waals surface area contributed by atoms with E-state index in [1.54, 1.807) is 68.9 Å². The number of nitrogens with one attached hydrogen (secondary N) is 6. The number of fused-ring (bicyclic) bond motifs is 5. The van der Waals surface area contributed by atoms with E-state index in [1.165, 1.54) is 75.2 Å². The van der Waals surface area contributed by atoms with Gasteiger partial charge in [0.2, 0.25) is 10.0 Å². The van der Waals surface area contributed by atoms with Crippen molar-refractivity contribution in [2.75, 3.05) is 53.9 Å². The molecule has 0 aliphatic carbocycles. The number of rotatable bonds is 23. The van der Waals surface area contributed by atoms with Crippen molar-refractivity contribution in [3.8, 4) is 39.9 Å². The molecule has 1 amide bonds. The lowest BCUT2D eigenvalue weighted by Crippen LogP contribution is -2.40. The van der Waals surface area contributed by atoms with Gasteiger partial charge in [0.25, 0.3) is 33.7 Å². The molecule has 13 rings (SSSR count). The Kier molecular flexibility index (Phi) is 27.1. The lowest BCUT2D eigenvalue weighted by molar-refractivity contribution is -0.123. The van der Waals surface area contributed by atoms with Crippen LogP contribution < -0.4 is 72.0 Å². The molecule has 0 spiro atoms. The smallest absolute Gasteiger partial charge is 0.332 e. The van der Waals surface area contributed by atoms with Crippen LogP contribution in [0.4, 0.5) is 0 Å². The number of carbonyl (C=O) groups is 1. The molecule has 0 unspecified atom stereocenters. The van der Waals surface area contributed by atoms with Crippen molar-refractivity contribution < 1.29 is 17.9 Å². The van der Waals surface area contributed by atoms with E-state index >= 15 is 0 Å². The first-order valence-electron chi connectivity index (χ1n) is 36.3. The first-order valence-corrected chi connectivity index (χ1v) is 37.8. The second-order valence-corrected chi connectivity index (χ2v) is 28.5. The topological polar surface area (TPSA) is 468 Å². The summed E-state index contributed by atoms with van der Waals surface area (Å²) in [7, 11) is 6.32. The largest absolute Gasteiger partial charge is 0.484 e. The molecule has 13 aromatic rings. The second-order valence-electron chi connectivity index (χ2n) is 26.5. The zero-order valence-corrected chi connectivity index (χ0v) is 65.8. The number of likely N-dealkylation sites (N-methyl/N-ethyl adjacent to an activating group) is 2. The van der Waals surface area contributed by atoms with Gasteiger partial charge in [-0.3, -0.25) is 74.9 Å². The van der Waals surface area contributed by atoms with Crippen LogP contribution in [0.1, 0.15) is 68.2 Å². The van der Waals surface area contributed by atoms with Crippen LogP contribution in [0.5, 0.6) is 5.75 Å². The van der Waals surface area contributed by atoms with E-state index in [4.69, 9.17) is 10.5 Å². The van der Waals surface area contributed by atoms with Crippen molar-refractivity contribution in [2.45, 2.75) is 119 Å². The molecule has 8 N–H and O–H groups in total. The number of carbonyl (C=O) groups excluding carboxylic acids is 1. The van der Waals surface area contributed by atoms with Crippen molar-refractivity contribution in [1.29, 1.82) is 0 Å². The molecular formula is C73H94N24O14S. The van der Waals surface area contributed by atoms with Gasteiger partial charge in [-0.2, -0.15) is 4.31 Å². The Hall–Kier alpha value is -12.5. The lowest BCUT2D eigenvalue weighted by Gasteiger charge is -2.19. The summed E-state index contributed by atoms with van der Waals surface area (Å²) in [6.45, 7) is 19.6. The Labute approximate surface area is 638 Å². The zero-order valence-electron chi connectivity index (χ0n) is 64.9. The van der Waals surface area contributed by atoms with Crippen molar-refractivity contribution in [3.05, 3.63) is 196 Å². The number of nitrogens with two attached hydrogens (primary N) is 1. The highest BCUT2D eigenvalue weighted by Gasteiger charge is 2.24. The standard InChI is InChI=1S/C22H32N6O4S.C19H24N6O4.C15H16N4O2.C10H14N4O2.C7H8N4O2/c1-6-12-27-20-18(21(29)28(13-7-2)22(27)30)23-19(24-20)16-8-10-17(11-9-16)33(31,32)26(5)15-14-25(3)4;1-3-24-17-15(18(27)25(4-2)19(24)28)22-16(23-17)12-5-7-13(8-6-12)29-11-14(26)21-10-9-20;1-3-18-13-11(14(20)19(4-2)15(18)21)16-12(17-13)10-8-6-5-7-9-10;1-6(2)4-14-8-7(11-5-12-8)9(15)13(3)10(14)16;1-10-3-8-5-4(10)6(12)11(2)7(13)9-5/h8-11H,6-7,12-15H2,1-5H3,(H,23,24);5-8H,3-4,9-11,20H2,1-2H3,(H,21,26)(H,22,23);5-9H,3-4H2,1-2H3,(H,16,17);5-6H,4H2,1-3H3,(H,11,12);3H,1-2H3,(H,9,13). The summed E-state index contributed by atoms with van der Waals surface area (Å²) in [4.78, 5) is 171. The monoisotopic (exact) mass is 1560 g/mol. The van der Waals surface area contributed by atoms with Crippen LogP contribution in [-0.2, 0) is 81.8 Å². The SMILES string of the molecule is CC(C)Cn1c(=O)n(C)c(=O)c2[nH]cnc21.CCCn1c(=O)c2[nH]c(-c3ccc(S(=O)(=O)N(C)CCN(C)C)cc3)nc2n(CCC)c1=O.CCn1c(=O)c2[nH]c(-c3ccc(OCC(=O)NCCN)cc3)nc2n(CC)c1=O.CCn1c(=O)c2[nH]c(-c3ccccc3)nc2n(CC)c1=O.Cn1c(=O)[nH]c2ncn(C)c2c1=O. The highest BCUT2D eigenvalue weighted by atomic mass is 32.2. The Bertz CT molecular complexity index is 6310. The lowest BCUT2D eigenvalue weighted by atomic mass is 10.2. The van der Waals surface area contributed by atoms with Crippen LogP contribution in [0.3, 0.4) is 0 Å². The average Bonchev–Trinajstić information content (AvgIpc) is 1.61. The Morgan fingerprint density at radius 2 is 1.02 bits per heavy atom. The summed E-state index contributed by atoms with van der Waals surface area (Å²) in [5.41, 5.74) is 7.49. The van der Waals surface area contributed by atoms with Crippen LogP contribution in [-0.4, -0.2) is 173 Å². The predicted octanol–water partition coefficient (Wildman–Crippen LogP) is 2.23. The van der Waals surface area contributed by atoms with Crippen LogP contribution in [0, 0.1) is 5.92 Å². The minimum Gasteiger partial charge on any atom is -0.484 e. The summed E-state index contributed by atoms with van der Waals surface area (Å²) in [6, 6.07) is 22.8. The third-order valence-corrected chi connectivity index (χ3v) is 19.8. The number of aryl methyl sites for hydroxylation is 4. The zero-order chi connectivity index (χ0) is 81.7. The molecule has 10 heterocycles. The molecular weight excluding hydrogens is 1470 g/mol. The molecule has 112 heavy (non-hydrogen) atoms. The number of hydrogen-bond acceptors (Lipinski definition) is 21. The molecule has 596 valence electrons. The van der Waals surface area contributed by atoms with E-state index < -0.39 is 21.3 Å². The number of nitrogens with zero attached hydrogens (tertiary/aromatic N) is 17. The van der Waals surface area contributed by atoms with Crippen molar-refractivity contribution in [3.63, 3.8) is 0 Å². The molecule has 10 aromatic heterocycles. The number of ether oxygens (including phenoxy) is 1. The van der Waals surface area contributed by atoms with Crippen LogP contribution in [0.2, 0.25) is 0 Å². The fraction of sp³-hybridized carbons (Fsp3) is 0.397. The maximum Gasteiger partial charge on any atom is 0.332 e. The van der Waals surface area contributed by atoms with Crippen LogP contribution in [0.15, 0.2) is 144 Å². The molecule has 3 aromatic carbocycles. The Morgan fingerprint density at radius 3 is 1.51 bits per heavy atom. The van der Waals surface area contributed by atoms with Gasteiger partial charge in [0, 0.05) is 117 Å². The Balaban J connectivity index is 0.000000167. The van der Waals surface area contributed by atoms with Crippen molar-refractivity contribution >= 4 is 71.7 Å². The summed E-state index contributed by atoms with van der Waals surface area (Å²) >= 11 is 0. The molecule has 0 bridgehead atoms. The predicted molar refractivity (Wildman–Crippen MR) is 426 cm³/mol. The fourth-order valence-corrected chi connectivity index (χ4v) is 13.1. The van der Waals surface area contributed by atoms with Gasteiger partial charge in [-0.25, -0.2) is 57.3 Å². The van der Waals surface area contributed by atoms with E-state index in [0.717, 1.165) is 26.7 Å². The minimum atomic E-state index is -3.62. The third-order valence-electron chi connectivity index (χ3n) is 17.9. The van der Waals surface area contributed by atoms with E-state index in [1.807, 2.05) is 90.9 Å². The number of benzene rings is 3. The molecule has 0 radical (unpaired) electrons. The second kappa shape index (κ2) is 36.4. The number of H-pyrrole nitrogens is 5. The quantitative estimate of drug-likeness (QED) is 0.0483. The third kappa shape index (κ3) is 17.7. The average molecular weight is 1560 g/mol.